The molecular formula is C21H24N4O. The average Bonchev–Trinajstić information content (AvgIpc) is 3.15. The minimum Gasteiger partial charge on any atom is -0.507 e. The molecule has 0 radical (unpaired) electrons. The maximum absolute atomic E-state index is 10.4. The summed E-state index contributed by atoms with van der Waals surface area (Å²) in [6.45, 7) is 6.22. The van der Waals surface area contributed by atoms with E-state index in [2.05, 4.69) is 24.5 Å². The summed E-state index contributed by atoms with van der Waals surface area (Å²) in [5, 5.41) is 18.3. The molecule has 3 N–H and O–H groups in total. The summed E-state index contributed by atoms with van der Waals surface area (Å²) in [6, 6.07) is 14.0. The van der Waals surface area contributed by atoms with E-state index in [0.717, 1.165) is 41.8 Å². The number of rotatable bonds is 4. The van der Waals surface area contributed by atoms with Gasteiger partial charge in [0.2, 0.25) is 0 Å². The van der Waals surface area contributed by atoms with Gasteiger partial charge in [-0.2, -0.15) is 0 Å². The molecule has 0 bridgehead atoms. The van der Waals surface area contributed by atoms with Crippen molar-refractivity contribution in [3.05, 3.63) is 48.0 Å². The number of phenols is 1. The van der Waals surface area contributed by atoms with Gasteiger partial charge in [-0.25, -0.2) is 9.97 Å². The number of nitrogens with zero attached hydrogens (tertiary/aromatic N) is 2. The number of hydrogen-bond acceptors (Lipinski definition) is 5. The van der Waals surface area contributed by atoms with Crippen molar-refractivity contribution >= 4 is 16.7 Å². The Bertz CT molecular complexity index is 932. The van der Waals surface area contributed by atoms with Crippen molar-refractivity contribution in [2.24, 2.45) is 0 Å². The van der Waals surface area contributed by atoms with Crippen molar-refractivity contribution in [1.29, 1.82) is 0 Å². The molecular weight excluding hydrogens is 324 g/mol. The van der Waals surface area contributed by atoms with Crippen molar-refractivity contribution < 1.29 is 5.11 Å². The van der Waals surface area contributed by atoms with Crippen molar-refractivity contribution in [2.75, 3.05) is 18.4 Å². The third-order valence-corrected chi connectivity index (χ3v) is 4.93. The predicted octanol–water partition coefficient (Wildman–Crippen LogP) is 3.90. The first-order chi connectivity index (χ1) is 12.6. The lowest BCUT2D eigenvalue weighted by molar-refractivity contribution is 0.476. The van der Waals surface area contributed by atoms with E-state index in [9.17, 15) is 5.11 Å². The second-order valence-electron chi connectivity index (χ2n) is 7.18. The molecule has 2 heterocycles. The van der Waals surface area contributed by atoms with Crippen LogP contribution in [0.15, 0.2) is 42.5 Å². The van der Waals surface area contributed by atoms with E-state index in [1.54, 1.807) is 6.07 Å². The number of hydrogen-bond donors (Lipinski definition) is 3. The van der Waals surface area contributed by atoms with Gasteiger partial charge >= 0.3 is 0 Å². The number of aromatic hydroxyl groups is 1. The van der Waals surface area contributed by atoms with E-state index < -0.39 is 0 Å². The van der Waals surface area contributed by atoms with Crippen LogP contribution in [0.5, 0.6) is 5.75 Å². The van der Waals surface area contributed by atoms with Crippen LogP contribution < -0.4 is 10.6 Å². The Morgan fingerprint density at radius 1 is 1.15 bits per heavy atom. The molecule has 1 aliphatic rings. The molecule has 1 unspecified atom stereocenters. The lowest BCUT2D eigenvalue weighted by atomic mass is 10.00. The summed E-state index contributed by atoms with van der Waals surface area (Å²) in [7, 11) is 0. The lowest BCUT2D eigenvalue weighted by Gasteiger charge is -2.16. The van der Waals surface area contributed by atoms with Crippen molar-refractivity contribution in [3.63, 3.8) is 0 Å². The SMILES string of the molecule is CC(C)c1ccc(O)c(-c2nc(NC3CCNC3)c3ccccc3n2)c1. The molecule has 3 aromatic rings. The molecule has 1 aliphatic heterocycles. The second-order valence-corrected chi connectivity index (χ2v) is 7.18. The van der Waals surface area contributed by atoms with E-state index in [4.69, 9.17) is 9.97 Å². The largest absolute Gasteiger partial charge is 0.507 e. The molecule has 5 nitrogen and oxygen atoms in total. The minimum absolute atomic E-state index is 0.207. The van der Waals surface area contributed by atoms with Gasteiger partial charge in [0.25, 0.3) is 0 Å². The van der Waals surface area contributed by atoms with E-state index in [0.29, 0.717) is 23.3 Å². The fourth-order valence-electron chi connectivity index (χ4n) is 3.37. The van der Waals surface area contributed by atoms with Gasteiger partial charge in [0, 0.05) is 18.0 Å². The highest BCUT2D eigenvalue weighted by molar-refractivity contribution is 5.91. The van der Waals surface area contributed by atoms with Crippen LogP contribution in [0.3, 0.4) is 0 Å². The van der Waals surface area contributed by atoms with Gasteiger partial charge in [0.05, 0.1) is 11.1 Å². The zero-order valence-corrected chi connectivity index (χ0v) is 15.2. The topological polar surface area (TPSA) is 70.1 Å². The molecule has 2 aromatic carbocycles. The van der Waals surface area contributed by atoms with E-state index in [1.807, 2.05) is 36.4 Å². The molecule has 0 aliphatic carbocycles. The van der Waals surface area contributed by atoms with Gasteiger partial charge in [-0.3, -0.25) is 0 Å². The molecule has 1 fully saturated rings. The Labute approximate surface area is 153 Å². The second kappa shape index (κ2) is 6.92. The third-order valence-electron chi connectivity index (χ3n) is 4.93. The smallest absolute Gasteiger partial charge is 0.165 e. The Hall–Kier alpha value is -2.66. The number of anilines is 1. The third kappa shape index (κ3) is 3.22. The van der Waals surface area contributed by atoms with E-state index in [-0.39, 0.29) is 5.75 Å². The molecule has 0 spiro atoms. The van der Waals surface area contributed by atoms with Crippen molar-refractivity contribution in [1.82, 2.24) is 15.3 Å². The number of aromatic nitrogens is 2. The molecule has 5 heteroatoms. The maximum Gasteiger partial charge on any atom is 0.165 e. The monoisotopic (exact) mass is 348 g/mol. The molecule has 26 heavy (non-hydrogen) atoms. The quantitative estimate of drug-likeness (QED) is 0.667. The number of para-hydroxylation sites is 1. The van der Waals surface area contributed by atoms with Crippen molar-refractivity contribution in [2.45, 2.75) is 32.2 Å². The van der Waals surface area contributed by atoms with Crippen molar-refractivity contribution in [3.8, 4) is 17.1 Å². The van der Waals surface area contributed by atoms with Crippen LogP contribution in [0, 0.1) is 0 Å². The number of fused-ring (bicyclic) bond motifs is 1. The van der Waals surface area contributed by atoms with Gasteiger partial charge in [0.15, 0.2) is 5.82 Å². The number of nitrogens with one attached hydrogen (secondary N) is 2. The van der Waals surface area contributed by atoms with Crippen LogP contribution in [-0.4, -0.2) is 34.2 Å². The van der Waals surface area contributed by atoms with Crippen LogP contribution in [0.2, 0.25) is 0 Å². The van der Waals surface area contributed by atoms with Gasteiger partial charge < -0.3 is 15.7 Å². The molecule has 0 saturated carbocycles. The predicted molar refractivity (Wildman–Crippen MR) is 106 cm³/mol. The molecule has 1 saturated heterocycles. The molecule has 1 aromatic heterocycles. The Morgan fingerprint density at radius 2 is 2.00 bits per heavy atom. The number of phenolic OH excluding ortho intramolecular Hbond substituents is 1. The zero-order valence-electron chi connectivity index (χ0n) is 15.2. The fourth-order valence-corrected chi connectivity index (χ4v) is 3.37. The summed E-state index contributed by atoms with van der Waals surface area (Å²) in [6.07, 6.45) is 1.07. The average molecular weight is 348 g/mol. The van der Waals surface area contributed by atoms with Gasteiger partial charge in [-0.05, 0) is 48.7 Å². The first kappa shape index (κ1) is 16.8. The normalized spacial score (nSPS) is 17.1. The van der Waals surface area contributed by atoms with Gasteiger partial charge in [0.1, 0.15) is 11.6 Å². The molecule has 0 amide bonds. The highest BCUT2D eigenvalue weighted by Gasteiger charge is 2.18. The van der Waals surface area contributed by atoms with Crippen LogP contribution in [0.1, 0.15) is 31.7 Å². The fraction of sp³-hybridized carbons (Fsp3) is 0.333. The van der Waals surface area contributed by atoms with Crippen LogP contribution in [-0.2, 0) is 0 Å². The molecule has 134 valence electrons. The Balaban J connectivity index is 1.84. The summed E-state index contributed by atoms with van der Waals surface area (Å²) >= 11 is 0. The summed E-state index contributed by atoms with van der Waals surface area (Å²) in [4.78, 5) is 9.50. The van der Waals surface area contributed by atoms with Gasteiger partial charge in [-0.15, -0.1) is 0 Å². The first-order valence-corrected chi connectivity index (χ1v) is 9.19. The highest BCUT2D eigenvalue weighted by atomic mass is 16.3. The Morgan fingerprint density at radius 3 is 2.77 bits per heavy atom. The van der Waals surface area contributed by atoms with Crippen LogP contribution in [0.4, 0.5) is 5.82 Å². The maximum atomic E-state index is 10.4. The van der Waals surface area contributed by atoms with E-state index in [1.165, 1.54) is 0 Å². The zero-order chi connectivity index (χ0) is 18.1. The summed E-state index contributed by atoms with van der Waals surface area (Å²) < 4.78 is 0. The molecule has 4 rings (SSSR count). The van der Waals surface area contributed by atoms with Gasteiger partial charge in [-0.1, -0.05) is 32.0 Å². The lowest BCUT2D eigenvalue weighted by Crippen LogP contribution is -2.23. The first-order valence-electron chi connectivity index (χ1n) is 9.19. The molecule has 1 atom stereocenters. The minimum atomic E-state index is 0.207. The summed E-state index contributed by atoms with van der Waals surface area (Å²) in [5.74, 6) is 1.96. The van der Waals surface area contributed by atoms with Crippen LogP contribution >= 0.6 is 0 Å². The highest BCUT2D eigenvalue weighted by Crippen LogP contribution is 2.33. The number of benzene rings is 2. The standard InChI is InChI=1S/C21H24N4O/c1-13(2)14-7-8-19(26)17(11-14)21-24-18-6-4-3-5-16(18)20(25-21)23-15-9-10-22-12-15/h3-8,11,13,15,22,26H,9-10,12H2,1-2H3,(H,23,24,25). The summed E-state index contributed by atoms with van der Waals surface area (Å²) in [5.41, 5.74) is 2.71. The van der Waals surface area contributed by atoms with E-state index >= 15 is 0 Å². The van der Waals surface area contributed by atoms with Crippen LogP contribution in [0.25, 0.3) is 22.3 Å². The Kier molecular flexibility index (Phi) is 4.47.